The second kappa shape index (κ2) is 11.3. The van der Waals surface area contributed by atoms with E-state index in [1.807, 2.05) is 0 Å². The lowest BCUT2D eigenvalue weighted by molar-refractivity contribution is 0.306. The summed E-state index contributed by atoms with van der Waals surface area (Å²) in [6.07, 6.45) is 2.67. The normalized spacial score (nSPS) is 11.9. The molecule has 1 N–H and O–H groups in total. The Hall–Kier alpha value is -2.14. The number of ether oxygens (including phenoxy) is 2. The summed E-state index contributed by atoms with van der Waals surface area (Å²) in [6, 6.07) is 12.1. The molecular weight excluding hydrogens is 430 g/mol. The summed E-state index contributed by atoms with van der Waals surface area (Å²) >= 11 is 0. The van der Waals surface area contributed by atoms with Crippen LogP contribution in [0, 0.1) is 0 Å². The molecule has 0 atom stereocenters. The van der Waals surface area contributed by atoms with Crippen molar-refractivity contribution in [1.82, 2.24) is 4.72 Å². The van der Waals surface area contributed by atoms with Crippen molar-refractivity contribution in [2.45, 2.75) is 35.5 Å². The number of sulfonamides is 1. The van der Waals surface area contributed by atoms with Crippen LogP contribution >= 0.6 is 0 Å². The van der Waals surface area contributed by atoms with Crippen molar-refractivity contribution in [3.05, 3.63) is 48.5 Å². The van der Waals surface area contributed by atoms with Gasteiger partial charge < -0.3 is 9.47 Å². The zero-order chi connectivity index (χ0) is 22.0. The highest BCUT2D eigenvalue weighted by Gasteiger charge is 2.15. The fourth-order valence-corrected chi connectivity index (χ4v) is 4.62. The highest BCUT2D eigenvalue weighted by molar-refractivity contribution is 7.89. The van der Waals surface area contributed by atoms with E-state index in [4.69, 9.17) is 13.7 Å². The highest BCUT2D eigenvalue weighted by atomic mass is 32.2. The van der Waals surface area contributed by atoms with Gasteiger partial charge in [-0.25, -0.2) is 13.1 Å². The van der Waals surface area contributed by atoms with Crippen molar-refractivity contribution >= 4 is 20.1 Å². The van der Waals surface area contributed by atoms with E-state index in [0.29, 0.717) is 30.9 Å². The largest absolute Gasteiger partial charge is 0.497 e. The van der Waals surface area contributed by atoms with E-state index >= 15 is 0 Å². The summed E-state index contributed by atoms with van der Waals surface area (Å²) in [6.45, 7) is 0.380. The number of nitrogens with one attached hydrogen (secondary N) is 1. The summed E-state index contributed by atoms with van der Waals surface area (Å²) in [5, 5.41) is 0. The molecule has 0 spiro atoms. The number of benzene rings is 2. The van der Waals surface area contributed by atoms with Crippen molar-refractivity contribution in [1.29, 1.82) is 0 Å². The van der Waals surface area contributed by atoms with Crippen molar-refractivity contribution in [3.8, 4) is 11.5 Å². The van der Waals surface area contributed by atoms with Crippen LogP contribution in [0.4, 0.5) is 0 Å². The Kier molecular flexibility index (Phi) is 9.09. The Bertz CT molecular complexity index is 903. The predicted octanol–water partition coefficient (Wildman–Crippen LogP) is 2.95. The summed E-state index contributed by atoms with van der Waals surface area (Å²) in [5.74, 6) is 1.15. The average molecular weight is 458 g/mol. The van der Waals surface area contributed by atoms with E-state index in [1.54, 1.807) is 24.3 Å². The van der Waals surface area contributed by atoms with E-state index in [-0.39, 0.29) is 16.4 Å². The highest BCUT2D eigenvalue weighted by Crippen LogP contribution is 2.18. The minimum absolute atomic E-state index is 0.0753. The van der Waals surface area contributed by atoms with Crippen LogP contribution in [0.25, 0.3) is 0 Å². The van der Waals surface area contributed by atoms with Crippen molar-refractivity contribution in [3.63, 3.8) is 0 Å². The van der Waals surface area contributed by atoms with E-state index in [0.717, 1.165) is 12.8 Å². The van der Waals surface area contributed by atoms with Crippen LogP contribution in [0.3, 0.4) is 0 Å². The molecule has 0 saturated carbocycles. The molecule has 0 radical (unpaired) electrons. The number of unbranched alkanes of at least 4 members (excludes halogenated alkanes) is 3. The second-order valence-corrected chi connectivity index (χ2v) is 9.82. The first-order valence-corrected chi connectivity index (χ1v) is 12.3. The molecule has 166 valence electrons. The molecule has 0 unspecified atom stereocenters. The Morgan fingerprint density at radius 2 is 1.20 bits per heavy atom. The molecule has 10 heteroatoms. The van der Waals surface area contributed by atoms with Crippen LogP contribution in [-0.4, -0.2) is 44.2 Å². The van der Waals surface area contributed by atoms with Crippen LogP contribution in [0.2, 0.25) is 0 Å². The molecule has 0 bridgehead atoms. The van der Waals surface area contributed by atoms with Crippen LogP contribution in [0.1, 0.15) is 25.7 Å². The molecule has 0 aliphatic rings. The Morgan fingerprint density at radius 1 is 0.700 bits per heavy atom. The van der Waals surface area contributed by atoms with Gasteiger partial charge >= 0.3 is 0 Å². The van der Waals surface area contributed by atoms with Gasteiger partial charge in [-0.1, -0.05) is 12.8 Å². The molecular formula is C20H27NO7S2. The third-order valence-corrected chi connectivity index (χ3v) is 7.12. The molecule has 2 rings (SSSR count). The van der Waals surface area contributed by atoms with Gasteiger partial charge in [0.25, 0.3) is 10.1 Å². The van der Waals surface area contributed by atoms with Gasteiger partial charge in [0.1, 0.15) is 11.5 Å². The lowest BCUT2D eigenvalue weighted by atomic mass is 10.2. The minimum atomic E-state index is -3.79. The summed E-state index contributed by atoms with van der Waals surface area (Å²) in [5.41, 5.74) is 0. The van der Waals surface area contributed by atoms with Crippen LogP contribution in [0.15, 0.2) is 58.3 Å². The lowest BCUT2D eigenvalue weighted by Gasteiger charge is -2.08. The smallest absolute Gasteiger partial charge is 0.296 e. The summed E-state index contributed by atoms with van der Waals surface area (Å²) < 4.78 is 66.2. The first kappa shape index (κ1) is 24.1. The Balaban J connectivity index is 1.64. The quantitative estimate of drug-likeness (QED) is 0.364. The molecule has 0 aliphatic carbocycles. The summed E-state index contributed by atoms with van der Waals surface area (Å²) in [7, 11) is -4.33. The molecule has 2 aromatic rings. The fraction of sp³-hybridized carbons (Fsp3) is 0.400. The van der Waals surface area contributed by atoms with Gasteiger partial charge in [-0.3, -0.25) is 4.18 Å². The topological polar surface area (TPSA) is 108 Å². The van der Waals surface area contributed by atoms with Gasteiger partial charge in [0, 0.05) is 6.54 Å². The molecule has 0 amide bonds. The maximum absolute atomic E-state index is 12.2. The molecule has 2 aromatic carbocycles. The maximum atomic E-state index is 12.2. The van der Waals surface area contributed by atoms with Crippen LogP contribution in [0.5, 0.6) is 11.5 Å². The Morgan fingerprint density at radius 3 is 1.73 bits per heavy atom. The van der Waals surface area contributed by atoms with Gasteiger partial charge in [-0.05, 0) is 61.4 Å². The average Bonchev–Trinajstić information content (AvgIpc) is 2.75. The van der Waals surface area contributed by atoms with Crippen molar-refractivity contribution in [2.75, 3.05) is 27.4 Å². The monoisotopic (exact) mass is 457 g/mol. The van der Waals surface area contributed by atoms with Crippen molar-refractivity contribution < 1.29 is 30.5 Å². The third-order valence-electron chi connectivity index (χ3n) is 4.32. The number of hydrogen-bond donors (Lipinski definition) is 1. The number of methoxy groups -OCH3 is 2. The van der Waals surface area contributed by atoms with Gasteiger partial charge in [-0.2, -0.15) is 8.42 Å². The van der Waals surface area contributed by atoms with E-state index in [1.165, 1.54) is 38.5 Å². The van der Waals surface area contributed by atoms with E-state index in [2.05, 4.69) is 4.72 Å². The SMILES string of the molecule is COc1ccc(S(=O)(=O)NCCCCCCOS(=O)(=O)c2ccc(OC)cc2)cc1. The molecule has 0 saturated heterocycles. The van der Waals surface area contributed by atoms with Gasteiger partial charge in [0.2, 0.25) is 10.0 Å². The predicted molar refractivity (Wildman–Crippen MR) is 113 cm³/mol. The van der Waals surface area contributed by atoms with Crippen molar-refractivity contribution in [2.24, 2.45) is 0 Å². The third kappa shape index (κ3) is 7.28. The van der Waals surface area contributed by atoms with Crippen LogP contribution in [-0.2, 0) is 24.3 Å². The van der Waals surface area contributed by atoms with Crippen LogP contribution < -0.4 is 14.2 Å². The molecule has 0 heterocycles. The summed E-state index contributed by atoms with van der Waals surface area (Å²) in [4.78, 5) is 0.261. The number of hydrogen-bond acceptors (Lipinski definition) is 7. The fourth-order valence-electron chi connectivity index (χ4n) is 2.60. The van der Waals surface area contributed by atoms with Gasteiger partial charge in [-0.15, -0.1) is 0 Å². The lowest BCUT2D eigenvalue weighted by Crippen LogP contribution is -2.24. The molecule has 0 aliphatic heterocycles. The van der Waals surface area contributed by atoms with Gasteiger partial charge in [0.05, 0.1) is 30.6 Å². The van der Waals surface area contributed by atoms with E-state index < -0.39 is 20.1 Å². The minimum Gasteiger partial charge on any atom is -0.497 e. The zero-order valence-corrected chi connectivity index (χ0v) is 18.7. The first-order chi connectivity index (χ1) is 14.3. The maximum Gasteiger partial charge on any atom is 0.296 e. The zero-order valence-electron chi connectivity index (χ0n) is 17.0. The molecule has 0 fully saturated rings. The molecule has 0 aromatic heterocycles. The second-order valence-electron chi connectivity index (χ2n) is 6.44. The Labute approximate surface area is 178 Å². The van der Waals surface area contributed by atoms with E-state index in [9.17, 15) is 16.8 Å². The molecule has 30 heavy (non-hydrogen) atoms. The molecule has 8 nitrogen and oxygen atoms in total. The first-order valence-electron chi connectivity index (χ1n) is 9.46. The standard InChI is InChI=1S/C20H27NO7S2/c1-26-17-7-11-19(12-8-17)29(22,23)21-15-5-3-4-6-16-28-30(24,25)20-13-9-18(27-2)10-14-20/h7-14,21H,3-6,15-16H2,1-2H3. The number of rotatable bonds is 13. The van der Waals surface area contributed by atoms with Gasteiger partial charge in [0.15, 0.2) is 0 Å².